The molecule has 0 saturated carbocycles. The van der Waals surface area contributed by atoms with Gasteiger partial charge < -0.3 is 15.2 Å². The van der Waals surface area contributed by atoms with Crippen molar-refractivity contribution in [2.45, 2.75) is 18.9 Å². The quantitative estimate of drug-likeness (QED) is 0.169. The first-order chi connectivity index (χ1) is 21.3. The molecular formula is C36H38NO5PS. The molecule has 0 radical (unpaired) electrons. The fourth-order valence-electron chi connectivity index (χ4n) is 4.71. The summed E-state index contributed by atoms with van der Waals surface area (Å²) in [4.78, 5) is 0. The molecule has 6 rings (SSSR count). The molecule has 0 saturated heterocycles. The zero-order chi connectivity index (χ0) is 31.2. The van der Waals surface area contributed by atoms with Gasteiger partial charge in [-0.15, -0.1) is 0 Å². The molecule has 0 aliphatic carbocycles. The van der Waals surface area contributed by atoms with Gasteiger partial charge in [0, 0.05) is 6.54 Å². The zero-order valence-electron chi connectivity index (χ0n) is 24.7. The highest BCUT2D eigenvalue weighted by Gasteiger charge is 2.21. The monoisotopic (exact) mass is 627 g/mol. The molecule has 0 bridgehead atoms. The third-order valence-corrected chi connectivity index (χ3v) is 9.02. The summed E-state index contributed by atoms with van der Waals surface area (Å²) in [7, 11) is -4.11. The van der Waals surface area contributed by atoms with Crippen LogP contribution in [0.1, 0.15) is 23.7 Å². The number of hydrogen-bond donors (Lipinski definition) is 2. The van der Waals surface area contributed by atoms with Crippen LogP contribution in [0.5, 0.6) is 11.5 Å². The maximum Gasteiger partial charge on any atom is 0.261 e. The molecule has 1 heterocycles. The summed E-state index contributed by atoms with van der Waals surface area (Å²) in [6.07, 6.45) is 2.87. The van der Waals surface area contributed by atoms with Gasteiger partial charge >= 0.3 is 0 Å². The Morgan fingerprint density at radius 2 is 1.23 bits per heavy atom. The van der Waals surface area contributed by atoms with Crippen molar-refractivity contribution in [3.63, 3.8) is 0 Å². The van der Waals surface area contributed by atoms with Crippen molar-refractivity contribution in [2.75, 3.05) is 19.4 Å². The largest absolute Gasteiger partial charge is 0.492 e. The van der Waals surface area contributed by atoms with Crippen LogP contribution in [0.4, 0.5) is 0 Å². The second-order valence-electron chi connectivity index (χ2n) is 10.0. The van der Waals surface area contributed by atoms with Gasteiger partial charge in [-0.3, -0.25) is 4.55 Å². The molecule has 228 valence electrons. The number of hydrogen-bond acceptors (Lipinski definition) is 5. The summed E-state index contributed by atoms with van der Waals surface area (Å²) in [6.45, 7) is 1.08. The van der Waals surface area contributed by atoms with Crippen LogP contribution in [0.25, 0.3) is 0 Å². The predicted octanol–water partition coefficient (Wildman–Crippen LogP) is 6.04. The maximum absolute atomic E-state index is 9.19. The second-order valence-corrected chi connectivity index (χ2v) is 13.7. The molecule has 44 heavy (non-hydrogen) atoms. The molecule has 1 unspecified atom stereocenters. The summed E-state index contributed by atoms with van der Waals surface area (Å²) in [5.41, 5.74) is 7.90. The minimum absolute atomic E-state index is 0.152. The van der Waals surface area contributed by atoms with Crippen molar-refractivity contribution < 1.29 is 22.4 Å². The Bertz CT molecular complexity index is 1550. The Morgan fingerprint density at radius 1 is 0.773 bits per heavy atom. The third-order valence-electron chi connectivity index (χ3n) is 6.58. The van der Waals surface area contributed by atoms with Crippen molar-refractivity contribution in [3.8, 4) is 11.5 Å². The van der Waals surface area contributed by atoms with E-state index < -0.39 is 18.0 Å². The van der Waals surface area contributed by atoms with Crippen molar-refractivity contribution in [1.29, 1.82) is 0 Å². The van der Waals surface area contributed by atoms with E-state index in [1.54, 1.807) is 0 Å². The standard InChI is InChI=1S/C18H15P.C17H19NO2.CH4O3S/c1-4-10-16(11-5-1)19(17-12-6-2-7-13-17)18-14-8-3-9-15-18;18-10-11-19-15-7-9-17-14(12-15)6-8-16(20-17)13-4-2-1-3-5-13;1-5(2,3)4/h1-15H;1-5,7,9,12,16H,6,8,10-11,18H2;1H3,(H,2,3,4). The van der Waals surface area contributed by atoms with Gasteiger partial charge in [0.15, 0.2) is 0 Å². The smallest absolute Gasteiger partial charge is 0.261 e. The van der Waals surface area contributed by atoms with E-state index in [-0.39, 0.29) is 6.10 Å². The molecule has 0 amide bonds. The third kappa shape index (κ3) is 10.6. The molecule has 5 aromatic carbocycles. The Kier molecular flexibility index (Phi) is 12.5. The summed E-state index contributed by atoms with van der Waals surface area (Å²) < 4.78 is 37.5. The Balaban J connectivity index is 0.000000175. The number of rotatable bonds is 7. The highest BCUT2D eigenvalue weighted by molar-refractivity contribution is 7.85. The molecule has 5 aromatic rings. The van der Waals surface area contributed by atoms with Crippen LogP contribution in [-0.2, 0) is 16.5 Å². The lowest BCUT2D eigenvalue weighted by Gasteiger charge is -2.26. The Labute approximate surface area is 262 Å². The summed E-state index contributed by atoms with van der Waals surface area (Å²) >= 11 is 0. The fourth-order valence-corrected chi connectivity index (χ4v) is 7.02. The maximum atomic E-state index is 9.19. The van der Waals surface area contributed by atoms with Crippen molar-refractivity contribution >= 4 is 34.0 Å². The van der Waals surface area contributed by atoms with E-state index in [0.29, 0.717) is 19.4 Å². The van der Waals surface area contributed by atoms with E-state index in [9.17, 15) is 8.42 Å². The average molecular weight is 628 g/mol. The van der Waals surface area contributed by atoms with Crippen molar-refractivity contribution in [2.24, 2.45) is 5.73 Å². The minimum atomic E-state index is -3.67. The van der Waals surface area contributed by atoms with Crippen molar-refractivity contribution in [3.05, 3.63) is 151 Å². The number of ether oxygens (including phenoxy) is 2. The van der Waals surface area contributed by atoms with E-state index in [1.807, 2.05) is 18.2 Å². The van der Waals surface area contributed by atoms with E-state index in [0.717, 1.165) is 24.3 Å². The molecule has 1 aliphatic rings. The van der Waals surface area contributed by atoms with Gasteiger partial charge in [-0.2, -0.15) is 8.42 Å². The first-order valence-electron chi connectivity index (χ1n) is 14.4. The number of nitrogens with two attached hydrogens (primary N) is 1. The molecule has 1 aliphatic heterocycles. The van der Waals surface area contributed by atoms with Gasteiger partial charge in [0.05, 0.1) is 6.26 Å². The summed E-state index contributed by atoms with van der Waals surface area (Å²) in [5, 5.41) is 4.19. The molecular weight excluding hydrogens is 589 g/mol. The number of benzene rings is 5. The van der Waals surface area contributed by atoms with E-state index >= 15 is 0 Å². The van der Waals surface area contributed by atoms with Crippen LogP contribution in [0.2, 0.25) is 0 Å². The zero-order valence-corrected chi connectivity index (χ0v) is 26.4. The van der Waals surface area contributed by atoms with Gasteiger partial charge in [-0.05, 0) is 66.0 Å². The first-order valence-corrected chi connectivity index (χ1v) is 17.6. The lowest BCUT2D eigenvalue weighted by Crippen LogP contribution is -2.20. The number of aryl methyl sites for hydroxylation is 1. The Hall–Kier alpha value is -4.00. The van der Waals surface area contributed by atoms with E-state index in [2.05, 4.69) is 121 Å². The molecule has 0 spiro atoms. The van der Waals surface area contributed by atoms with Crippen LogP contribution in [0.3, 0.4) is 0 Å². The van der Waals surface area contributed by atoms with Gasteiger partial charge in [0.25, 0.3) is 10.1 Å². The molecule has 3 N–H and O–H groups in total. The lowest BCUT2D eigenvalue weighted by molar-refractivity contribution is 0.176. The highest BCUT2D eigenvalue weighted by Crippen LogP contribution is 2.36. The molecule has 1 atom stereocenters. The fraction of sp³-hybridized carbons (Fsp3) is 0.167. The molecule has 8 heteroatoms. The normalized spacial score (nSPS) is 13.7. The summed E-state index contributed by atoms with van der Waals surface area (Å²) in [6, 6.07) is 48.7. The minimum Gasteiger partial charge on any atom is -0.492 e. The van der Waals surface area contributed by atoms with Gasteiger partial charge in [0.1, 0.15) is 24.2 Å². The predicted molar refractivity (Wildman–Crippen MR) is 182 cm³/mol. The van der Waals surface area contributed by atoms with Crippen LogP contribution in [-0.4, -0.2) is 32.4 Å². The van der Waals surface area contributed by atoms with Crippen LogP contribution < -0.4 is 31.1 Å². The van der Waals surface area contributed by atoms with E-state index in [4.69, 9.17) is 19.8 Å². The lowest BCUT2D eigenvalue weighted by atomic mass is 9.97. The van der Waals surface area contributed by atoms with Crippen molar-refractivity contribution in [1.82, 2.24) is 0 Å². The van der Waals surface area contributed by atoms with Gasteiger partial charge in [0.2, 0.25) is 0 Å². The molecule has 0 fully saturated rings. The molecule has 0 aromatic heterocycles. The second kappa shape index (κ2) is 16.7. The highest BCUT2D eigenvalue weighted by atomic mass is 32.2. The summed E-state index contributed by atoms with van der Waals surface area (Å²) in [5.74, 6) is 1.83. The topological polar surface area (TPSA) is 98.9 Å². The number of fused-ring (bicyclic) bond motifs is 1. The van der Waals surface area contributed by atoms with Crippen LogP contribution in [0.15, 0.2) is 140 Å². The van der Waals surface area contributed by atoms with Crippen LogP contribution in [0, 0.1) is 0 Å². The Morgan fingerprint density at radius 3 is 1.68 bits per heavy atom. The van der Waals surface area contributed by atoms with Gasteiger partial charge in [-0.25, -0.2) is 0 Å². The van der Waals surface area contributed by atoms with Gasteiger partial charge in [-0.1, -0.05) is 121 Å². The van der Waals surface area contributed by atoms with Crippen LogP contribution >= 0.6 is 7.92 Å². The first kappa shape index (κ1) is 32.9. The SMILES string of the molecule is CS(=O)(=O)O.NCCOc1ccc2c(c1)CCC(c1ccccc1)O2.c1ccc(P(c2ccccc2)c2ccccc2)cc1. The molecule has 6 nitrogen and oxygen atoms in total. The average Bonchev–Trinajstić information content (AvgIpc) is 3.05. The van der Waals surface area contributed by atoms with E-state index in [1.165, 1.54) is 27.0 Å².